The number of thioether (sulfide) groups is 1. The van der Waals surface area contributed by atoms with Crippen molar-refractivity contribution in [3.05, 3.63) is 42.2 Å². The van der Waals surface area contributed by atoms with Gasteiger partial charge in [0.05, 0.1) is 5.25 Å². The first-order valence-corrected chi connectivity index (χ1v) is 10.1. The molecule has 0 aliphatic heterocycles. The van der Waals surface area contributed by atoms with Crippen molar-refractivity contribution in [1.82, 2.24) is 29.9 Å². The topological polar surface area (TPSA) is 85.4 Å². The van der Waals surface area contributed by atoms with Crippen LogP contribution in [-0.4, -0.2) is 29.9 Å². The van der Waals surface area contributed by atoms with E-state index >= 15 is 0 Å². The van der Waals surface area contributed by atoms with Crippen LogP contribution in [0.4, 0.5) is 0 Å². The number of fused-ring (bicyclic) bond motifs is 1. The Morgan fingerprint density at radius 3 is 2.93 bits per heavy atom. The second-order valence-electron chi connectivity index (χ2n) is 6.82. The van der Waals surface area contributed by atoms with E-state index in [0.29, 0.717) is 11.9 Å². The maximum atomic E-state index is 5.40. The molecule has 1 saturated carbocycles. The van der Waals surface area contributed by atoms with Gasteiger partial charge in [0, 0.05) is 35.1 Å². The minimum Gasteiger partial charge on any atom is -0.360 e. The van der Waals surface area contributed by atoms with Crippen LogP contribution >= 0.6 is 11.8 Å². The number of nitrogens with one attached hydrogen (secondary N) is 1. The minimum absolute atomic E-state index is 0.0234. The lowest BCUT2D eigenvalue weighted by molar-refractivity contribution is 0.375. The molecule has 138 valence electrons. The molecular weight excluding hydrogens is 360 g/mol. The number of H-pyrrole nitrogens is 1. The van der Waals surface area contributed by atoms with Crippen LogP contribution in [0.3, 0.4) is 0 Å². The summed E-state index contributed by atoms with van der Waals surface area (Å²) in [7, 11) is 0. The summed E-state index contributed by atoms with van der Waals surface area (Å²) in [6, 6.07) is 8.75. The number of aryl methyl sites for hydroxylation is 1. The van der Waals surface area contributed by atoms with E-state index in [-0.39, 0.29) is 5.25 Å². The second-order valence-corrected chi connectivity index (χ2v) is 8.13. The van der Waals surface area contributed by atoms with Gasteiger partial charge in [-0.15, -0.1) is 10.2 Å². The first-order valence-electron chi connectivity index (χ1n) is 9.25. The highest BCUT2D eigenvalue weighted by Crippen LogP contribution is 2.44. The summed E-state index contributed by atoms with van der Waals surface area (Å²) >= 11 is 1.62. The highest BCUT2D eigenvalue weighted by atomic mass is 32.2. The van der Waals surface area contributed by atoms with Crippen LogP contribution < -0.4 is 0 Å². The number of aromatic amines is 1. The Balaban J connectivity index is 1.51. The van der Waals surface area contributed by atoms with Crippen molar-refractivity contribution in [2.24, 2.45) is 0 Å². The van der Waals surface area contributed by atoms with Gasteiger partial charge in [-0.2, -0.15) is 4.98 Å². The monoisotopic (exact) mass is 380 g/mol. The Bertz CT molecular complexity index is 1090. The van der Waals surface area contributed by atoms with Gasteiger partial charge in [-0.3, -0.25) is 4.57 Å². The molecule has 1 aromatic carbocycles. The van der Waals surface area contributed by atoms with Crippen molar-refractivity contribution in [3.8, 4) is 11.4 Å². The van der Waals surface area contributed by atoms with E-state index < -0.39 is 0 Å². The molecule has 0 radical (unpaired) electrons. The van der Waals surface area contributed by atoms with Gasteiger partial charge >= 0.3 is 0 Å². The molecule has 8 heteroatoms. The molecule has 1 fully saturated rings. The molecular formula is C19H20N6OS. The van der Waals surface area contributed by atoms with Crippen LogP contribution in [0, 0.1) is 0 Å². The fourth-order valence-electron chi connectivity index (χ4n) is 3.24. The van der Waals surface area contributed by atoms with E-state index in [9.17, 15) is 0 Å². The van der Waals surface area contributed by atoms with Gasteiger partial charge in [-0.05, 0) is 25.8 Å². The highest BCUT2D eigenvalue weighted by molar-refractivity contribution is 7.99. The molecule has 1 unspecified atom stereocenters. The molecule has 4 aromatic rings. The van der Waals surface area contributed by atoms with Gasteiger partial charge in [0.1, 0.15) is 0 Å². The standard InChI is InChI=1S/C19H20N6OS/c1-3-16-21-18(26-24-16)11(2)27-19-23-22-17(25(19)12-8-9-12)14-10-20-15-7-5-4-6-13(14)15/h4-7,10-12,20H,3,8-9H2,1-2H3. The van der Waals surface area contributed by atoms with Crippen LogP contribution in [0.1, 0.15) is 49.7 Å². The molecule has 27 heavy (non-hydrogen) atoms. The number of rotatable bonds is 6. The van der Waals surface area contributed by atoms with Gasteiger partial charge < -0.3 is 9.51 Å². The first-order chi connectivity index (χ1) is 13.2. The van der Waals surface area contributed by atoms with Gasteiger partial charge in [-0.25, -0.2) is 0 Å². The largest absolute Gasteiger partial charge is 0.360 e. The lowest BCUT2D eigenvalue weighted by Gasteiger charge is -2.10. The number of nitrogens with zero attached hydrogens (tertiary/aromatic N) is 5. The second kappa shape index (κ2) is 6.53. The van der Waals surface area contributed by atoms with Crippen LogP contribution in [0.5, 0.6) is 0 Å². The zero-order valence-electron chi connectivity index (χ0n) is 15.2. The van der Waals surface area contributed by atoms with Gasteiger partial charge in [0.15, 0.2) is 16.8 Å². The Morgan fingerprint density at radius 1 is 1.30 bits per heavy atom. The molecule has 0 saturated heterocycles. The van der Waals surface area contributed by atoms with E-state index in [2.05, 4.69) is 55.0 Å². The van der Waals surface area contributed by atoms with Gasteiger partial charge in [-0.1, -0.05) is 42.0 Å². The summed E-state index contributed by atoms with van der Waals surface area (Å²) in [5.41, 5.74) is 2.20. The normalized spacial score (nSPS) is 15.5. The molecule has 0 amide bonds. The predicted octanol–water partition coefficient (Wildman–Crippen LogP) is 4.56. The van der Waals surface area contributed by atoms with Crippen LogP contribution in [0.15, 0.2) is 40.1 Å². The number of aromatic nitrogens is 6. The highest BCUT2D eigenvalue weighted by Gasteiger charge is 2.32. The van der Waals surface area contributed by atoms with Crippen LogP contribution in [0.25, 0.3) is 22.3 Å². The van der Waals surface area contributed by atoms with Crippen molar-refractivity contribution in [1.29, 1.82) is 0 Å². The molecule has 1 atom stereocenters. The van der Waals surface area contributed by atoms with Crippen molar-refractivity contribution in [3.63, 3.8) is 0 Å². The predicted molar refractivity (Wildman–Crippen MR) is 104 cm³/mol. The third kappa shape index (κ3) is 2.93. The average Bonchev–Trinajstić information content (AvgIpc) is 3.11. The molecule has 7 nitrogen and oxygen atoms in total. The molecule has 1 aliphatic carbocycles. The number of hydrogen-bond donors (Lipinski definition) is 1. The van der Waals surface area contributed by atoms with Crippen LogP contribution in [-0.2, 0) is 6.42 Å². The number of para-hydroxylation sites is 1. The molecule has 0 bridgehead atoms. The van der Waals surface area contributed by atoms with E-state index in [4.69, 9.17) is 4.52 Å². The van der Waals surface area contributed by atoms with Gasteiger partial charge in [0.25, 0.3) is 0 Å². The lowest BCUT2D eigenvalue weighted by Crippen LogP contribution is -2.01. The quantitative estimate of drug-likeness (QED) is 0.494. The zero-order chi connectivity index (χ0) is 18.4. The molecule has 1 aliphatic rings. The molecule has 1 N–H and O–H groups in total. The molecule has 3 heterocycles. The van der Waals surface area contributed by atoms with Crippen molar-refractivity contribution in [2.75, 3.05) is 0 Å². The smallest absolute Gasteiger partial charge is 0.239 e. The summed E-state index contributed by atoms with van der Waals surface area (Å²) in [6.45, 7) is 4.08. The summed E-state index contributed by atoms with van der Waals surface area (Å²) < 4.78 is 7.67. The third-order valence-electron chi connectivity index (χ3n) is 4.84. The van der Waals surface area contributed by atoms with E-state index in [1.54, 1.807) is 11.8 Å². The Hall–Kier alpha value is -2.61. The maximum Gasteiger partial charge on any atom is 0.239 e. The summed E-state index contributed by atoms with van der Waals surface area (Å²) in [6.07, 6.45) is 5.12. The molecule has 3 aromatic heterocycles. The summed E-state index contributed by atoms with van der Waals surface area (Å²) in [5, 5.41) is 15.1. The van der Waals surface area contributed by atoms with Crippen molar-refractivity contribution < 1.29 is 4.52 Å². The summed E-state index contributed by atoms with van der Waals surface area (Å²) in [5.74, 6) is 2.29. The fourth-order valence-corrected chi connectivity index (χ4v) is 4.19. The Kier molecular flexibility index (Phi) is 4.00. The van der Waals surface area contributed by atoms with Crippen molar-refractivity contribution in [2.45, 2.75) is 49.6 Å². The van der Waals surface area contributed by atoms with E-state index in [1.807, 2.05) is 19.2 Å². The lowest BCUT2D eigenvalue weighted by atomic mass is 10.1. The SMILES string of the molecule is CCc1noc(C(C)Sc2nnc(-c3c[nH]c4ccccc34)n2C2CC2)n1. The molecule has 0 spiro atoms. The zero-order valence-corrected chi connectivity index (χ0v) is 16.0. The fraction of sp³-hybridized carbons (Fsp3) is 0.368. The van der Waals surface area contributed by atoms with Crippen LogP contribution in [0.2, 0.25) is 0 Å². The molecule has 5 rings (SSSR count). The first kappa shape index (κ1) is 16.6. The van der Waals surface area contributed by atoms with E-state index in [0.717, 1.165) is 47.1 Å². The minimum atomic E-state index is 0.0234. The average molecular weight is 380 g/mol. The van der Waals surface area contributed by atoms with E-state index in [1.165, 1.54) is 5.39 Å². The van der Waals surface area contributed by atoms with Gasteiger partial charge in [0.2, 0.25) is 5.89 Å². The number of benzene rings is 1. The maximum absolute atomic E-state index is 5.40. The number of hydrogen-bond acceptors (Lipinski definition) is 6. The Morgan fingerprint density at radius 2 is 2.15 bits per heavy atom. The van der Waals surface area contributed by atoms with Crippen molar-refractivity contribution >= 4 is 22.7 Å². The third-order valence-corrected chi connectivity index (χ3v) is 5.88. The summed E-state index contributed by atoms with van der Waals surface area (Å²) in [4.78, 5) is 7.79. The Labute approximate surface area is 160 Å².